The van der Waals surface area contributed by atoms with Crippen LogP contribution in [0.4, 0.5) is 4.79 Å². The standard InChI is InChI=1S/C16H30N2O3Si/c1-15(2,3)20-14(19)18-10-12(9-17)13(11-18)21-22(7,8)16(4,5)6/h12-13H,10-11H2,1-8H3/t12-,13+/m0/s1. The predicted molar refractivity (Wildman–Crippen MR) is 89.0 cm³/mol. The van der Waals surface area contributed by atoms with E-state index in [4.69, 9.17) is 9.16 Å². The molecule has 22 heavy (non-hydrogen) atoms. The van der Waals surface area contributed by atoms with Gasteiger partial charge in [0.25, 0.3) is 0 Å². The number of hydrogen-bond donors (Lipinski definition) is 0. The number of nitriles is 1. The largest absolute Gasteiger partial charge is 0.444 e. The molecular formula is C16H30N2O3Si. The van der Waals surface area contributed by atoms with Crippen LogP contribution in [0.15, 0.2) is 0 Å². The summed E-state index contributed by atoms with van der Waals surface area (Å²) < 4.78 is 11.7. The van der Waals surface area contributed by atoms with Crippen LogP contribution in [0.2, 0.25) is 18.1 Å². The maximum absolute atomic E-state index is 12.2. The van der Waals surface area contributed by atoms with E-state index in [0.717, 1.165) is 0 Å². The van der Waals surface area contributed by atoms with Crippen molar-refractivity contribution in [3.8, 4) is 6.07 Å². The van der Waals surface area contributed by atoms with Gasteiger partial charge < -0.3 is 14.1 Å². The van der Waals surface area contributed by atoms with Gasteiger partial charge in [-0.2, -0.15) is 5.26 Å². The predicted octanol–water partition coefficient (Wildman–Crippen LogP) is 3.77. The van der Waals surface area contributed by atoms with Crippen molar-refractivity contribution >= 4 is 14.4 Å². The fraction of sp³-hybridized carbons (Fsp3) is 0.875. The molecule has 0 bridgehead atoms. The molecule has 1 aliphatic heterocycles. The summed E-state index contributed by atoms with van der Waals surface area (Å²) in [5, 5.41) is 9.45. The van der Waals surface area contributed by atoms with Crippen LogP contribution in [0, 0.1) is 17.2 Å². The number of hydrogen-bond acceptors (Lipinski definition) is 4. The lowest BCUT2D eigenvalue weighted by atomic mass is 10.1. The number of likely N-dealkylation sites (tertiary alicyclic amines) is 1. The molecule has 2 atom stereocenters. The van der Waals surface area contributed by atoms with Crippen LogP contribution in [0.5, 0.6) is 0 Å². The van der Waals surface area contributed by atoms with Crippen molar-refractivity contribution in [2.75, 3.05) is 13.1 Å². The summed E-state index contributed by atoms with van der Waals surface area (Å²) in [7, 11) is -1.97. The molecule has 1 saturated heterocycles. The summed E-state index contributed by atoms with van der Waals surface area (Å²) in [6, 6.07) is 2.28. The molecule has 5 nitrogen and oxygen atoms in total. The molecule has 1 heterocycles. The second-order valence-corrected chi connectivity index (χ2v) is 13.3. The lowest BCUT2D eigenvalue weighted by molar-refractivity contribution is 0.0272. The summed E-state index contributed by atoms with van der Waals surface area (Å²) in [4.78, 5) is 13.8. The number of amides is 1. The van der Waals surface area contributed by atoms with Gasteiger partial charge in [-0.05, 0) is 38.9 Å². The van der Waals surface area contributed by atoms with E-state index in [1.54, 1.807) is 4.90 Å². The minimum absolute atomic E-state index is 0.0757. The Balaban J connectivity index is 2.79. The van der Waals surface area contributed by atoms with Gasteiger partial charge in [0.05, 0.1) is 24.6 Å². The Bertz CT molecular complexity index is 457. The minimum atomic E-state index is -1.97. The molecule has 0 spiro atoms. The fourth-order valence-electron chi connectivity index (χ4n) is 2.05. The van der Waals surface area contributed by atoms with E-state index >= 15 is 0 Å². The van der Waals surface area contributed by atoms with Crippen molar-refractivity contribution in [3.63, 3.8) is 0 Å². The van der Waals surface area contributed by atoms with E-state index in [1.807, 2.05) is 20.8 Å². The zero-order valence-electron chi connectivity index (χ0n) is 15.2. The molecule has 0 unspecified atom stereocenters. The number of nitrogens with zero attached hydrogens (tertiary/aromatic N) is 2. The Morgan fingerprint density at radius 2 is 1.73 bits per heavy atom. The molecule has 6 heteroatoms. The molecule has 0 aliphatic carbocycles. The van der Waals surface area contributed by atoms with Crippen LogP contribution in [-0.2, 0) is 9.16 Å². The molecule has 1 fully saturated rings. The Hall–Kier alpha value is -1.06. The molecular weight excluding hydrogens is 296 g/mol. The summed E-state index contributed by atoms with van der Waals surface area (Å²) >= 11 is 0. The molecule has 0 radical (unpaired) electrons. The van der Waals surface area contributed by atoms with Crippen LogP contribution in [-0.4, -0.2) is 44.1 Å². The molecule has 0 aromatic heterocycles. The van der Waals surface area contributed by atoms with Crippen LogP contribution in [0.1, 0.15) is 41.5 Å². The number of rotatable bonds is 2. The fourth-order valence-corrected chi connectivity index (χ4v) is 3.40. The van der Waals surface area contributed by atoms with Gasteiger partial charge in [-0.3, -0.25) is 0 Å². The molecule has 126 valence electrons. The molecule has 0 saturated carbocycles. The van der Waals surface area contributed by atoms with E-state index in [1.165, 1.54) is 0 Å². The first kappa shape index (κ1) is 19.0. The maximum atomic E-state index is 12.2. The highest BCUT2D eigenvalue weighted by molar-refractivity contribution is 6.74. The molecule has 1 amide bonds. The molecule has 1 aliphatic rings. The average Bonchev–Trinajstić information content (AvgIpc) is 2.67. The summed E-state index contributed by atoms with van der Waals surface area (Å²) in [5.74, 6) is -0.290. The molecule has 0 N–H and O–H groups in total. The third-order valence-electron chi connectivity index (χ3n) is 4.34. The third-order valence-corrected chi connectivity index (χ3v) is 8.84. The normalized spacial score (nSPS) is 23.3. The highest BCUT2D eigenvalue weighted by Crippen LogP contribution is 2.39. The first-order valence-electron chi connectivity index (χ1n) is 7.82. The van der Waals surface area contributed by atoms with Gasteiger partial charge in [0.1, 0.15) is 5.60 Å². The zero-order chi connectivity index (χ0) is 17.3. The Labute approximate surface area is 135 Å². The van der Waals surface area contributed by atoms with Crippen molar-refractivity contribution in [2.45, 2.75) is 71.4 Å². The zero-order valence-corrected chi connectivity index (χ0v) is 16.2. The van der Waals surface area contributed by atoms with Gasteiger partial charge in [-0.25, -0.2) is 4.79 Å². The molecule has 1 rings (SSSR count). The van der Waals surface area contributed by atoms with E-state index in [9.17, 15) is 10.1 Å². The highest BCUT2D eigenvalue weighted by Gasteiger charge is 2.45. The lowest BCUT2D eigenvalue weighted by Crippen LogP contribution is -2.46. The van der Waals surface area contributed by atoms with E-state index < -0.39 is 13.9 Å². The van der Waals surface area contributed by atoms with E-state index in [0.29, 0.717) is 13.1 Å². The maximum Gasteiger partial charge on any atom is 0.410 e. The SMILES string of the molecule is CC(C)(C)OC(=O)N1C[C@H](C#N)[C@H](O[Si](C)(C)C(C)(C)C)C1. The Morgan fingerprint density at radius 1 is 1.18 bits per heavy atom. The van der Waals surface area contributed by atoms with Gasteiger partial charge in [-0.15, -0.1) is 0 Å². The Morgan fingerprint density at radius 3 is 2.14 bits per heavy atom. The van der Waals surface area contributed by atoms with Crippen molar-refractivity contribution in [1.82, 2.24) is 4.90 Å². The first-order valence-corrected chi connectivity index (χ1v) is 10.7. The second-order valence-electron chi connectivity index (χ2n) is 8.54. The van der Waals surface area contributed by atoms with E-state index in [-0.39, 0.29) is 23.2 Å². The van der Waals surface area contributed by atoms with Crippen LogP contribution < -0.4 is 0 Å². The molecule has 0 aromatic carbocycles. The van der Waals surface area contributed by atoms with Crippen molar-refractivity contribution in [1.29, 1.82) is 5.26 Å². The first-order chi connectivity index (χ1) is 9.77. The summed E-state index contributed by atoms with van der Waals surface area (Å²) in [5.41, 5.74) is -0.530. The van der Waals surface area contributed by atoms with Gasteiger partial charge in [0.2, 0.25) is 0 Å². The monoisotopic (exact) mass is 326 g/mol. The van der Waals surface area contributed by atoms with Crippen molar-refractivity contribution < 1.29 is 14.0 Å². The van der Waals surface area contributed by atoms with Gasteiger partial charge in [-0.1, -0.05) is 20.8 Å². The average molecular weight is 327 g/mol. The summed E-state index contributed by atoms with van der Waals surface area (Å²) in [6.45, 7) is 17.2. The topological polar surface area (TPSA) is 62.6 Å². The smallest absolute Gasteiger partial charge is 0.410 e. The Kier molecular flexibility index (Phi) is 5.36. The molecule has 0 aromatic rings. The van der Waals surface area contributed by atoms with Crippen molar-refractivity contribution in [3.05, 3.63) is 0 Å². The van der Waals surface area contributed by atoms with Crippen LogP contribution in [0.25, 0.3) is 0 Å². The van der Waals surface area contributed by atoms with Gasteiger partial charge >= 0.3 is 6.09 Å². The van der Waals surface area contributed by atoms with Crippen LogP contribution in [0.3, 0.4) is 0 Å². The quantitative estimate of drug-likeness (QED) is 0.725. The minimum Gasteiger partial charge on any atom is -0.444 e. The highest BCUT2D eigenvalue weighted by atomic mass is 28.4. The third kappa shape index (κ3) is 4.72. The van der Waals surface area contributed by atoms with Crippen LogP contribution >= 0.6 is 0 Å². The van der Waals surface area contributed by atoms with E-state index in [2.05, 4.69) is 39.9 Å². The second kappa shape index (κ2) is 6.21. The number of carbonyl (C=O) groups is 1. The number of ether oxygens (including phenoxy) is 1. The van der Waals surface area contributed by atoms with Gasteiger partial charge in [0.15, 0.2) is 8.32 Å². The van der Waals surface area contributed by atoms with Gasteiger partial charge in [0, 0.05) is 6.54 Å². The summed E-state index contributed by atoms with van der Waals surface area (Å²) in [6.07, 6.45) is -0.590. The number of carbonyl (C=O) groups excluding carboxylic acids is 1. The van der Waals surface area contributed by atoms with Crippen molar-refractivity contribution in [2.24, 2.45) is 5.92 Å². The lowest BCUT2D eigenvalue weighted by Gasteiger charge is -2.38.